The number of benzene rings is 2. The second kappa shape index (κ2) is 9.95. The van der Waals surface area contributed by atoms with Gasteiger partial charge in [0.05, 0.1) is 13.7 Å². The molecule has 3 N–H and O–H groups in total. The first kappa shape index (κ1) is 22.8. The van der Waals surface area contributed by atoms with Crippen LogP contribution < -0.4 is 26.6 Å². The number of aromatic nitrogens is 2. The summed E-state index contributed by atoms with van der Waals surface area (Å²) in [5.41, 5.74) is 5.24. The summed E-state index contributed by atoms with van der Waals surface area (Å²) in [6.45, 7) is 2.15. The molecule has 0 aliphatic carbocycles. The fourth-order valence-corrected chi connectivity index (χ4v) is 3.41. The van der Waals surface area contributed by atoms with Crippen molar-refractivity contribution in [3.63, 3.8) is 0 Å². The van der Waals surface area contributed by atoms with Crippen LogP contribution in [0.5, 0.6) is 5.75 Å². The fraction of sp³-hybridized carbons (Fsp3) is 0.261. The summed E-state index contributed by atoms with van der Waals surface area (Å²) in [6.07, 6.45) is 1.45. The molecule has 0 saturated heterocycles. The van der Waals surface area contributed by atoms with Crippen LogP contribution in [0, 0.1) is 5.82 Å². The number of methoxy groups -OCH3 is 1. The molecule has 0 unspecified atom stereocenters. The number of carbonyl (C=O) groups excluding carboxylic acids is 1. The molecule has 2 aromatic carbocycles. The normalized spacial score (nSPS) is 10.7. The summed E-state index contributed by atoms with van der Waals surface area (Å²) in [4.78, 5) is 42.0. The van der Waals surface area contributed by atoms with Crippen LogP contribution in [0.1, 0.15) is 35.7 Å². The van der Waals surface area contributed by atoms with E-state index in [0.29, 0.717) is 17.7 Å². The molecule has 168 valence electrons. The van der Waals surface area contributed by atoms with E-state index in [1.54, 1.807) is 24.3 Å². The Morgan fingerprint density at radius 3 is 2.62 bits per heavy atom. The van der Waals surface area contributed by atoms with Gasteiger partial charge in [-0.15, -0.1) is 0 Å². The number of unbranched alkanes of at least 4 members (excludes halogenated alkanes) is 1. The molecule has 8 nitrogen and oxygen atoms in total. The highest BCUT2D eigenvalue weighted by Crippen LogP contribution is 2.26. The lowest BCUT2D eigenvalue weighted by Gasteiger charge is -2.25. The van der Waals surface area contributed by atoms with Crippen LogP contribution in [0.25, 0.3) is 0 Å². The number of rotatable bonds is 8. The lowest BCUT2D eigenvalue weighted by Crippen LogP contribution is -2.41. The van der Waals surface area contributed by atoms with Gasteiger partial charge < -0.3 is 10.5 Å². The third kappa shape index (κ3) is 4.72. The number of nitrogen functional groups attached to an aromatic ring is 1. The number of ether oxygens (including phenoxy) is 1. The highest BCUT2D eigenvalue weighted by atomic mass is 19.1. The van der Waals surface area contributed by atoms with Gasteiger partial charge in [-0.25, -0.2) is 9.18 Å². The second-order valence-electron chi connectivity index (χ2n) is 7.21. The van der Waals surface area contributed by atoms with Gasteiger partial charge in [0.1, 0.15) is 17.4 Å². The molecular formula is C23H25FN4O4. The van der Waals surface area contributed by atoms with Crippen molar-refractivity contribution in [3.8, 4) is 5.75 Å². The first-order chi connectivity index (χ1) is 15.4. The maximum absolute atomic E-state index is 13.8. The second-order valence-corrected chi connectivity index (χ2v) is 7.21. The summed E-state index contributed by atoms with van der Waals surface area (Å²) in [5.74, 6) is -0.873. The minimum atomic E-state index is -0.806. The Labute approximate surface area is 184 Å². The van der Waals surface area contributed by atoms with Crippen LogP contribution in [-0.4, -0.2) is 22.6 Å². The molecule has 1 aromatic heterocycles. The Kier molecular flexibility index (Phi) is 7.09. The number of H-pyrrole nitrogens is 1. The van der Waals surface area contributed by atoms with Crippen LogP contribution in [0.2, 0.25) is 0 Å². The number of aromatic amines is 1. The average molecular weight is 440 g/mol. The number of hydrogen-bond donors (Lipinski definition) is 2. The van der Waals surface area contributed by atoms with E-state index < -0.39 is 23.0 Å². The fourth-order valence-electron chi connectivity index (χ4n) is 3.41. The molecular weight excluding hydrogens is 415 g/mol. The first-order valence-corrected chi connectivity index (χ1v) is 10.2. The number of halogens is 1. The van der Waals surface area contributed by atoms with Crippen molar-refractivity contribution in [1.29, 1.82) is 0 Å². The summed E-state index contributed by atoms with van der Waals surface area (Å²) in [7, 11) is 1.49. The van der Waals surface area contributed by atoms with Gasteiger partial charge in [-0.1, -0.05) is 37.6 Å². The molecule has 1 amide bonds. The van der Waals surface area contributed by atoms with Crippen molar-refractivity contribution in [3.05, 3.63) is 86.3 Å². The predicted octanol–water partition coefficient (Wildman–Crippen LogP) is 2.91. The van der Waals surface area contributed by atoms with Gasteiger partial charge in [0, 0.05) is 17.7 Å². The lowest BCUT2D eigenvalue weighted by atomic mass is 10.1. The van der Waals surface area contributed by atoms with E-state index in [1.807, 2.05) is 6.92 Å². The van der Waals surface area contributed by atoms with Crippen molar-refractivity contribution in [1.82, 2.24) is 9.55 Å². The monoisotopic (exact) mass is 440 g/mol. The Morgan fingerprint density at radius 1 is 1.19 bits per heavy atom. The molecule has 0 atom stereocenters. The summed E-state index contributed by atoms with van der Waals surface area (Å²) < 4.78 is 20.4. The molecule has 3 aromatic rings. The third-order valence-corrected chi connectivity index (χ3v) is 5.06. The first-order valence-electron chi connectivity index (χ1n) is 10.2. The molecule has 0 bridgehead atoms. The van der Waals surface area contributed by atoms with E-state index in [-0.39, 0.29) is 30.2 Å². The van der Waals surface area contributed by atoms with Crippen LogP contribution >= 0.6 is 0 Å². The average Bonchev–Trinajstić information content (AvgIpc) is 2.78. The Hall–Kier alpha value is -3.88. The molecule has 3 rings (SSSR count). The van der Waals surface area contributed by atoms with Gasteiger partial charge in [0.25, 0.3) is 11.5 Å². The lowest BCUT2D eigenvalue weighted by molar-refractivity contribution is 0.0984. The smallest absolute Gasteiger partial charge is 0.330 e. The number of hydrogen-bond acceptors (Lipinski definition) is 5. The molecule has 0 aliphatic heterocycles. The summed E-state index contributed by atoms with van der Waals surface area (Å²) >= 11 is 0. The SMILES string of the molecule is CCCCn1c(N)c(N(Cc2ccccc2OC)C(=O)c2cccc(F)c2)c(=O)[nH]c1=O. The predicted molar refractivity (Wildman–Crippen MR) is 121 cm³/mol. The van der Waals surface area contributed by atoms with Crippen molar-refractivity contribution in [2.45, 2.75) is 32.9 Å². The van der Waals surface area contributed by atoms with Crippen molar-refractivity contribution < 1.29 is 13.9 Å². The highest BCUT2D eigenvalue weighted by molar-refractivity contribution is 6.07. The maximum Gasteiger partial charge on any atom is 0.330 e. The summed E-state index contributed by atoms with van der Waals surface area (Å²) in [5, 5.41) is 0. The molecule has 9 heteroatoms. The molecule has 0 spiro atoms. The zero-order chi connectivity index (χ0) is 23.3. The van der Waals surface area contributed by atoms with E-state index in [0.717, 1.165) is 17.4 Å². The molecule has 0 fully saturated rings. The van der Waals surface area contributed by atoms with E-state index in [4.69, 9.17) is 10.5 Å². The van der Waals surface area contributed by atoms with Gasteiger partial charge >= 0.3 is 5.69 Å². The Balaban J connectivity index is 2.20. The molecule has 0 aliphatic rings. The minimum Gasteiger partial charge on any atom is -0.496 e. The molecule has 32 heavy (non-hydrogen) atoms. The van der Waals surface area contributed by atoms with Crippen LogP contribution in [0.4, 0.5) is 15.9 Å². The van der Waals surface area contributed by atoms with Gasteiger partial charge in [-0.05, 0) is 30.7 Å². The number of nitrogens with zero attached hydrogens (tertiary/aromatic N) is 2. The number of nitrogens with one attached hydrogen (secondary N) is 1. The molecule has 0 saturated carbocycles. The van der Waals surface area contributed by atoms with Gasteiger partial charge in [-0.2, -0.15) is 0 Å². The number of anilines is 2. The van der Waals surface area contributed by atoms with Gasteiger partial charge in [0.15, 0.2) is 5.69 Å². The number of carbonyl (C=O) groups is 1. The standard InChI is InChI=1S/C23H25FN4O4/c1-3-4-12-27-20(25)19(21(29)26-23(27)31)28(14-16-8-5-6-11-18(16)32-2)22(30)15-9-7-10-17(24)13-15/h5-11,13H,3-4,12,14,25H2,1-2H3,(H,26,29,31). The van der Waals surface area contributed by atoms with Crippen LogP contribution in [0.3, 0.4) is 0 Å². The zero-order valence-electron chi connectivity index (χ0n) is 17.9. The van der Waals surface area contributed by atoms with E-state index in [2.05, 4.69) is 4.98 Å². The Morgan fingerprint density at radius 2 is 1.94 bits per heavy atom. The van der Waals surface area contributed by atoms with Crippen molar-refractivity contribution in [2.24, 2.45) is 0 Å². The van der Waals surface area contributed by atoms with Gasteiger partial charge in [-0.3, -0.25) is 24.0 Å². The minimum absolute atomic E-state index is 0.0324. The number of amides is 1. The van der Waals surface area contributed by atoms with E-state index in [1.165, 1.54) is 29.9 Å². The highest BCUT2D eigenvalue weighted by Gasteiger charge is 2.26. The van der Waals surface area contributed by atoms with Crippen LogP contribution in [0.15, 0.2) is 58.1 Å². The van der Waals surface area contributed by atoms with E-state index in [9.17, 15) is 18.8 Å². The quantitative estimate of drug-likeness (QED) is 0.560. The zero-order valence-corrected chi connectivity index (χ0v) is 17.9. The van der Waals surface area contributed by atoms with Crippen molar-refractivity contribution in [2.75, 3.05) is 17.7 Å². The number of para-hydroxylation sites is 1. The van der Waals surface area contributed by atoms with Crippen molar-refractivity contribution >= 4 is 17.4 Å². The largest absolute Gasteiger partial charge is 0.496 e. The molecule has 1 heterocycles. The van der Waals surface area contributed by atoms with E-state index >= 15 is 0 Å². The summed E-state index contributed by atoms with van der Waals surface area (Å²) in [6, 6.07) is 12.1. The maximum atomic E-state index is 13.8. The third-order valence-electron chi connectivity index (χ3n) is 5.06. The molecule has 0 radical (unpaired) electrons. The number of nitrogens with two attached hydrogens (primary N) is 1. The van der Waals surface area contributed by atoms with Crippen LogP contribution in [-0.2, 0) is 13.1 Å². The Bertz CT molecular complexity index is 1240. The topological polar surface area (TPSA) is 110 Å². The van der Waals surface area contributed by atoms with Gasteiger partial charge in [0.2, 0.25) is 0 Å².